The van der Waals surface area contributed by atoms with Crippen molar-refractivity contribution in [2.45, 2.75) is 13.8 Å². The van der Waals surface area contributed by atoms with Gasteiger partial charge in [0, 0.05) is 20.0 Å². The first-order valence-corrected chi connectivity index (χ1v) is 3.97. The zero-order chi connectivity index (χ0) is 9.68. The van der Waals surface area contributed by atoms with Gasteiger partial charge in [0.15, 0.2) is 5.82 Å². The second-order valence-corrected chi connectivity index (χ2v) is 2.56. The van der Waals surface area contributed by atoms with Gasteiger partial charge in [0.1, 0.15) is 0 Å². The molecule has 0 atom stereocenters. The molecule has 0 unspecified atom stereocenters. The Balaban J connectivity index is 2.16. The molecule has 0 saturated carbocycles. The molecule has 0 radical (unpaired) electrons. The van der Waals surface area contributed by atoms with Crippen molar-refractivity contribution in [2.24, 2.45) is 0 Å². The van der Waals surface area contributed by atoms with Gasteiger partial charge in [-0.05, 0) is 6.92 Å². The summed E-state index contributed by atoms with van der Waals surface area (Å²) in [6, 6.07) is 0.378. The van der Waals surface area contributed by atoms with Crippen LogP contribution >= 0.6 is 0 Å². The molecule has 72 valence electrons. The summed E-state index contributed by atoms with van der Waals surface area (Å²) in [6.45, 7) is 4.32. The predicted molar refractivity (Wildman–Crippen MR) is 46.2 cm³/mol. The van der Waals surface area contributed by atoms with Gasteiger partial charge in [0.2, 0.25) is 5.91 Å². The summed E-state index contributed by atoms with van der Waals surface area (Å²) < 4.78 is 4.79. The number of aromatic nitrogens is 2. The first-order chi connectivity index (χ1) is 6.18. The molecule has 1 amide bonds. The standard InChI is InChI=1S/C7H12N4O2/c1-5-10-7(13-11-5)9-4-3-8-6(2)12/h3-4H2,1-2H3,(H,8,12)(H,9,10,11). The molecule has 0 aliphatic heterocycles. The van der Waals surface area contributed by atoms with Crippen LogP contribution in [-0.2, 0) is 4.79 Å². The molecule has 1 aromatic rings. The monoisotopic (exact) mass is 184 g/mol. The van der Waals surface area contributed by atoms with E-state index in [9.17, 15) is 4.79 Å². The van der Waals surface area contributed by atoms with Crippen molar-refractivity contribution >= 4 is 11.9 Å². The third kappa shape index (κ3) is 3.55. The van der Waals surface area contributed by atoms with Crippen molar-refractivity contribution in [1.29, 1.82) is 0 Å². The summed E-state index contributed by atoms with van der Waals surface area (Å²) in [6.07, 6.45) is 0. The van der Waals surface area contributed by atoms with Crippen molar-refractivity contribution in [2.75, 3.05) is 18.4 Å². The number of rotatable bonds is 4. The Bertz CT molecular complexity index is 284. The fourth-order valence-corrected chi connectivity index (χ4v) is 0.777. The van der Waals surface area contributed by atoms with E-state index >= 15 is 0 Å². The quantitative estimate of drug-likeness (QED) is 0.640. The number of nitrogens with one attached hydrogen (secondary N) is 2. The summed E-state index contributed by atoms with van der Waals surface area (Å²) in [7, 11) is 0. The fourth-order valence-electron chi connectivity index (χ4n) is 0.777. The molecule has 6 nitrogen and oxygen atoms in total. The van der Waals surface area contributed by atoms with E-state index < -0.39 is 0 Å². The Hall–Kier alpha value is -1.59. The maximum atomic E-state index is 10.5. The van der Waals surface area contributed by atoms with E-state index in [0.717, 1.165) is 0 Å². The smallest absolute Gasteiger partial charge is 0.321 e. The zero-order valence-electron chi connectivity index (χ0n) is 7.63. The van der Waals surface area contributed by atoms with Crippen LogP contribution in [0.15, 0.2) is 4.52 Å². The van der Waals surface area contributed by atoms with E-state index in [4.69, 9.17) is 4.52 Å². The Kier molecular flexibility index (Phi) is 3.24. The van der Waals surface area contributed by atoms with E-state index in [2.05, 4.69) is 20.8 Å². The van der Waals surface area contributed by atoms with Gasteiger partial charge in [-0.3, -0.25) is 4.79 Å². The molecule has 6 heteroatoms. The number of aryl methyl sites for hydroxylation is 1. The molecule has 1 aromatic heterocycles. The molecular weight excluding hydrogens is 172 g/mol. The van der Waals surface area contributed by atoms with Crippen molar-refractivity contribution in [3.63, 3.8) is 0 Å². The van der Waals surface area contributed by atoms with Gasteiger partial charge in [-0.25, -0.2) is 0 Å². The first-order valence-electron chi connectivity index (χ1n) is 3.97. The van der Waals surface area contributed by atoms with Crippen LogP contribution < -0.4 is 10.6 Å². The van der Waals surface area contributed by atoms with Crippen molar-refractivity contribution < 1.29 is 9.32 Å². The van der Waals surface area contributed by atoms with Crippen LogP contribution in [-0.4, -0.2) is 29.1 Å². The molecule has 0 bridgehead atoms. The molecule has 1 rings (SSSR count). The average molecular weight is 184 g/mol. The molecule has 1 heterocycles. The molecule has 2 N–H and O–H groups in total. The third-order valence-electron chi connectivity index (χ3n) is 1.30. The average Bonchev–Trinajstić information content (AvgIpc) is 2.45. The Labute approximate surface area is 75.7 Å². The minimum absolute atomic E-state index is 0.0523. The Morgan fingerprint density at radius 3 is 2.85 bits per heavy atom. The molecular formula is C7H12N4O2. The van der Waals surface area contributed by atoms with Gasteiger partial charge in [-0.1, -0.05) is 5.16 Å². The van der Waals surface area contributed by atoms with E-state index in [1.807, 2.05) is 0 Å². The summed E-state index contributed by atoms with van der Waals surface area (Å²) >= 11 is 0. The lowest BCUT2D eigenvalue weighted by molar-refractivity contribution is -0.118. The highest BCUT2D eigenvalue weighted by Gasteiger charge is 1.99. The highest BCUT2D eigenvalue weighted by atomic mass is 16.5. The van der Waals surface area contributed by atoms with Crippen LogP contribution in [0.5, 0.6) is 0 Å². The van der Waals surface area contributed by atoms with E-state index in [0.29, 0.717) is 24.9 Å². The lowest BCUT2D eigenvalue weighted by atomic mass is 10.6. The van der Waals surface area contributed by atoms with Gasteiger partial charge in [0.25, 0.3) is 0 Å². The molecule has 0 spiro atoms. The van der Waals surface area contributed by atoms with Crippen LogP contribution in [0.25, 0.3) is 0 Å². The van der Waals surface area contributed by atoms with Gasteiger partial charge >= 0.3 is 6.01 Å². The SMILES string of the molecule is CC(=O)NCCNc1nc(C)no1. The van der Waals surface area contributed by atoms with Gasteiger partial charge in [0.05, 0.1) is 0 Å². The largest absolute Gasteiger partial charge is 0.355 e. The zero-order valence-corrected chi connectivity index (χ0v) is 7.63. The number of carbonyl (C=O) groups excluding carboxylic acids is 1. The first kappa shape index (κ1) is 9.50. The minimum Gasteiger partial charge on any atom is -0.355 e. The maximum Gasteiger partial charge on any atom is 0.321 e. The van der Waals surface area contributed by atoms with Crippen molar-refractivity contribution in [3.8, 4) is 0 Å². The lowest BCUT2D eigenvalue weighted by Crippen LogP contribution is -2.26. The third-order valence-corrected chi connectivity index (χ3v) is 1.30. The summed E-state index contributed by atoms with van der Waals surface area (Å²) in [5.74, 6) is 0.533. The summed E-state index contributed by atoms with van der Waals surface area (Å²) in [5, 5.41) is 9.09. The number of hydrogen-bond acceptors (Lipinski definition) is 5. The number of anilines is 1. The second-order valence-electron chi connectivity index (χ2n) is 2.56. The Morgan fingerprint density at radius 2 is 2.31 bits per heavy atom. The predicted octanol–water partition coefficient (Wildman–Crippen LogP) is -0.0740. The summed E-state index contributed by atoms with van der Waals surface area (Å²) in [4.78, 5) is 14.4. The number of nitrogens with zero attached hydrogens (tertiary/aromatic N) is 2. The minimum atomic E-state index is -0.0523. The van der Waals surface area contributed by atoms with Gasteiger partial charge in [-0.2, -0.15) is 4.98 Å². The molecule has 0 aliphatic carbocycles. The maximum absolute atomic E-state index is 10.5. The number of amides is 1. The second kappa shape index (κ2) is 4.44. The normalized spacial score (nSPS) is 9.69. The molecule has 13 heavy (non-hydrogen) atoms. The van der Waals surface area contributed by atoms with E-state index in [-0.39, 0.29) is 5.91 Å². The number of hydrogen-bond donors (Lipinski definition) is 2. The molecule has 0 fully saturated rings. The van der Waals surface area contributed by atoms with Crippen LogP contribution in [0.2, 0.25) is 0 Å². The summed E-state index contributed by atoms with van der Waals surface area (Å²) in [5.41, 5.74) is 0. The van der Waals surface area contributed by atoms with E-state index in [1.54, 1.807) is 6.92 Å². The fraction of sp³-hybridized carbons (Fsp3) is 0.571. The van der Waals surface area contributed by atoms with Gasteiger partial charge in [-0.15, -0.1) is 0 Å². The van der Waals surface area contributed by atoms with Crippen LogP contribution in [0.4, 0.5) is 6.01 Å². The molecule has 0 saturated heterocycles. The number of carbonyl (C=O) groups is 1. The van der Waals surface area contributed by atoms with Crippen LogP contribution in [0.3, 0.4) is 0 Å². The highest BCUT2D eigenvalue weighted by molar-refractivity contribution is 5.72. The Morgan fingerprint density at radius 1 is 1.54 bits per heavy atom. The van der Waals surface area contributed by atoms with E-state index in [1.165, 1.54) is 6.92 Å². The van der Waals surface area contributed by atoms with Crippen molar-refractivity contribution in [1.82, 2.24) is 15.5 Å². The van der Waals surface area contributed by atoms with Gasteiger partial charge < -0.3 is 15.2 Å². The van der Waals surface area contributed by atoms with Crippen LogP contribution in [0, 0.1) is 6.92 Å². The lowest BCUT2D eigenvalue weighted by Gasteiger charge is -2.00. The van der Waals surface area contributed by atoms with Crippen molar-refractivity contribution in [3.05, 3.63) is 5.82 Å². The van der Waals surface area contributed by atoms with Crippen LogP contribution in [0.1, 0.15) is 12.7 Å². The molecule has 0 aliphatic rings. The topological polar surface area (TPSA) is 80.0 Å². The molecule has 0 aromatic carbocycles. The highest BCUT2D eigenvalue weighted by Crippen LogP contribution is 1.99.